The fourth-order valence-corrected chi connectivity index (χ4v) is 4.46. The Labute approximate surface area is 178 Å². The lowest BCUT2D eigenvalue weighted by molar-refractivity contribution is -0.385. The van der Waals surface area contributed by atoms with Crippen LogP contribution in [0, 0.1) is 16.0 Å². The van der Waals surface area contributed by atoms with Gasteiger partial charge in [-0.05, 0) is 52.0 Å². The van der Waals surface area contributed by atoms with E-state index in [4.69, 9.17) is 4.74 Å². The summed E-state index contributed by atoms with van der Waals surface area (Å²) in [4.78, 5) is 23.9. The quantitative estimate of drug-likeness (QED) is 0.373. The van der Waals surface area contributed by atoms with Gasteiger partial charge in [0.15, 0.2) is 0 Å². The Morgan fingerprint density at radius 2 is 1.93 bits per heavy atom. The fourth-order valence-electron chi connectivity index (χ4n) is 3.34. The van der Waals surface area contributed by atoms with Crippen LogP contribution in [-0.2, 0) is 14.8 Å². The van der Waals surface area contributed by atoms with Gasteiger partial charge in [-0.25, -0.2) is 17.9 Å². The van der Waals surface area contributed by atoms with E-state index in [2.05, 4.69) is 4.72 Å². The Kier molecular flexibility index (Phi) is 8.19. The minimum Gasteiger partial charge on any atom is -0.444 e. The van der Waals surface area contributed by atoms with Gasteiger partial charge in [0.1, 0.15) is 5.60 Å². The topological polar surface area (TPSA) is 119 Å². The summed E-state index contributed by atoms with van der Waals surface area (Å²) in [5.74, 6) is 0.511. The molecule has 0 saturated carbocycles. The Morgan fingerprint density at radius 1 is 1.27 bits per heavy atom. The Bertz CT molecular complexity index is 842. The smallest absolute Gasteiger partial charge is 0.410 e. The van der Waals surface area contributed by atoms with Crippen molar-refractivity contribution >= 4 is 21.8 Å². The average molecular weight is 442 g/mol. The number of sulfonamides is 1. The molecule has 168 valence electrons. The lowest BCUT2D eigenvalue weighted by Gasteiger charge is -2.33. The van der Waals surface area contributed by atoms with Crippen molar-refractivity contribution in [3.05, 3.63) is 34.4 Å². The van der Waals surface area contributed by atoms with E-state index in [1.165, 1.54) is 18.2 Å². The number of likely N-dealkylation sites (tertiary alicyclic amines) is 1. The summed E-state index contributed by atoms with van der Waals surface area (Å²) in [6.45, 7) is 7.19. The number of benzene rings is 1. The van der Waals surface area contributed by atoms with Gasteiger partial charge in [0.2, 0.25) is 10.0 Å². The zero-order valence-electron chi connectivity index (χ0n) is 17.8. The van der Waals surface area contributed by atoms with Crippen molar-refractivity contribution in [1.82, 2.24) is 9.62 Å². The van der Waals surface area contributed by atoms with E-state index in [1.807, 2.05) is 20.8 Å². The molecule has 1 aromatic rings. The number of nitrogens with zero attached hydrogens (tertiary/aromatic N) is 2. The minimum absolute atomic E-state index is 0.105. The number of nitrogens with one attached hydrogen (secondary N) is 1. The third kappa shape index (κ3) is 7.56. The molecule has 0 aromatic heterocycles. The lowest BCUT2D eigenvalue weighted by atomic mass is 9.92. The molecule has 0 radical (unpaired) electrons. The summed E-state index contributed by atoms with van der Waals surface area (Å²) in [5, 5.41) is 10.8. The van der Waals surface area contributed by atoms with Crippen LogP contribution >= 0.6 is 0 Å². The SMILES string of the molecule is CC(C)(C)OC(=O)N1CCC(CCCCNS(=O)(=O)c2cccc([N+](=O)[O-])c2)CC1. The van der Waals surface area contributed by atoms with Crippen molar-refractivity contribution in [2.75, 3.05) is 19.6 Å². The molecule has 9 nitrogen and oxygen atoms in total. The normalized spacial score (nSPS) is 15.8. The molecule has 30 heavy (non-hydrogen) atoms. The molecule has 0 bridgehead atoms. The molecule has 1 amide bonds. The highest BCUT2D eigenvalue weighted by Crippen LogP contribution is 2.24. The molecule has 10 heteroatoms. The number of rotatable bonds is 8. The van der Waals surface area contributed by atoms with Crippen molar-refractivity contribution in [3.63, 3.8) is 0 Å². The monoisotopic (exact) mass is 441 g/mol. The molecule has 1 aliphatic rings. The van der Waals surface area contributed by atoms with Crippen LogP contribution in [0.15, 0.2) is 29.2 Å². The van der Waals surface area contributed by atoms with Crippen LogP contribution in [0.5, 0.6) is 0 Å². The van der Waals surface area contributed by atoms with Gasteiger partial charge >= 0.3 is 6.09 Å². The van der Waals surface area contributed by atoms with Crippen molar-refractivity contribution in [2.45, 2.75) is 63.4 Å². The number of nitro groups is 1. The second kappa shape index (κ2) is 10.2. The molecule has 1 saturated heterocycles. The van der Waals surface area contributed by atoms with Crippen LogP contribution in [0.3, 0.4) is 0 Å². The molecule has 1 aliphatic heterocycles. The number of hydrogen-bond acceptors (Lipinski definition) is 6. The molecule has 0 spiro atoms. The zero-order chi connectivity index (χ0) is 22.4. The fraction of sp³-hybridized carbons (Fsp3) is 0.650. The van der Waals surface area contributed by atoms with Gasteiger partial charge in [-0.15, -0.1) is 0 Å². The van der Waals surface area contributed by atoms with Gasteiger partial charge in [0, 0.05) is 31.8 Å². The van der Waals surface area contributed by atoms with E-state index in [9.17, 15) is 23.3 Å². The van der Waals surface area contributed by atoms with Gasteiger partial charge in [-0.1, -0.05) is 18.9 Å². The van der Waals surface area contributed by atoms with Gasteiger partial charge in [-0.2, -0.15) is 0 Å². The molecule has 1 N–H and O–H groups in total. The van der Waals surface area contributed by atoms with Gasteiger partial charge in [0.25, 0.3) is 5.69 Å². The molecular weight excluding hydrogens is 410 g/mol. The molecular formula is C20H31N3O6S. The Balaban J connectivity index is 1.68. The number of amides is 1. The van der Waals surface area contributed by atoms with E-state index >= 15 is 0 Å². The Morgan fingerprint density at radius 3 is 2.53 bits per heavy atom. The molecule has 0 aliphatic carbocycles. The number of non-ortho nitro benzene ring substituents is 1. The first kappa shape index (κ1) is 24.1. The summed E-state index contributed by atoms with van der Waals surface area (Å²) in [5.41, 5.74) is -0.748. The van der Waals surface area contributed by atoms with Crippen LogP contribution in [0.2, 0.25) is 0 Å². The van der Waals surface area contributed by atoms with E-state index < -0.39 is 20.5 Å². The van der Waals surface area contributed by atoms with Crippen LogP contribution in [0.1, 0.15) is 52.9 Å². The molecule has 0 unspecified atom stereocenters. The molecule has 0 atom stereocenters. The molecule has 2 rings (SSSR count). The number of carbonyl (C=O) groups excluding carboxylic acids is 1. The zero-order valence-corrected chi connectivity index (χ0v) is 18.6. The highest BCUT2D eigenvalue weighted by molar-refractivity contribution is 7.89. The van der Waals surface area contributed by atoms with Crippen LogP contribution in [0.4, 0.5) is 10.5 Å². The molecule has 1 heterocycles. The summed E-state index contributed by atoms with van der Waals surface area (Å²) in [7, 11) is -3.77. The van der Waals surface area contributed by atoms with Gasteiger partial charge < -0.3 is 9.64 Å². The van der Waals surface area contributed by atoms with Crippen LogP contribution in [-0.4, -0.2) is 49.6 Å². The predicted octanol–water partition coefficient (Wildman–Crippen LogP) is 3.69. The lowest BCUT2D eigenvalue weighted by Crippen LogP contribution is -2.41. The van der Waals surface area contributed by atoms with E-state index in [0.717, 1.165) is 31.7 Å². The maximum atomic E-state index is 12.3. The largest absolute Gasteiger partial charge is 0.444 e. The number of hydrogen-bond donors (Lipinski definition) is 1. The van der Waals surface area contributed by atoms with E-state index in [0.29, 0.717) is 25.4 Å². The second-order valence-electron chi connectivity index (χ2n) is 8.56. The number of carbonyl (C=O) groups is 1. The maximum absolute atomic E-state index is 12.3. The summed E-state index contributed by atoms with van der Waals surface area (Å²) in [6.07, 6.45) is 4.09. The standard InChI is InChI=1S/C20H31N3O6S/c1-20(2,3)29-19(24)22-13-10-16(11-14-22)7-4-5-12-21-30(27,28)18-9-6-8-17(15-18)23(25)26/h6,8-9,15-16,21H,4-5,7,10-14H2,1-3H3. The number of piperidine rings is 1. The van der Waals surface area contributed by atoms with Gasteiger partial charge in [-0.3, -0.25) is 10.1 Å². The van der Waals surface area contributed by atoms with Crippen molar-refractivity contribution in [3.8, 4) is 0 Å². The third-order valence-electron chi connectivity index (χ3n) is 4.94. The van der Waals surface area contributed by atoms with Crippen LogP contribution in [0.25, 0.3) is 0 Å². The molecule has 1 aromatic carbocycles. The van der Waals surface area contributed by atoms with Crippen molar-refractivity contribution in [1.29, 1.82) is 0 Å². The first-order chi connectivity index (χ1) is 14.0. The highest BCUT2D eigenvalue weighted by atomic mass is 32.2. The van der Waals surface area contributed by atoms with E-state index in [-0.39, 0.29) is 23.2 Å². The van der Waals surface area contributed by atoms with E-state index in [1.54, 1.807) is 4.90 Å². The summed E-state index contributed by atoms with van der Waals surface area (Å²) >= 11 is 0. The number of ether oxygens (including phenoxy) is 1. The number of unbranched alkanes of at least 4 members (excludes halogenated alkanes) is 1. The summed E-state index contributed by atoms with van der Waals surface area (Å²) < 4.78 is 32.5. The van der Waals surface area contributed by atoms with Crippen molar-refractivity contribution in [2.24, 2.45) is 5.92 Å². The van der Waals surface area contributed by atoms with Crippen LogP contribution < -0.4 is 4.72 Å². The second-order valence-corrected chi connectivity index (χ2v) is 10.3. The van der Waals surface area contributed by atoms with Crippen molar-refractivity contribution < 1.29 is 22.9 Å². The first-order valence-corrected chi connectivity index (χ1v) is 11.7. The highest BCUT2D eigenvalue weighted by Gasteiger charge is 2.26. The first-order valence-electron chi connectivity index (χ1n) is 10.2. The average Bonchev–Trinajstić information content (AvgIpc) is 2.67. The minimum atomic E-state index is -3.77. The number of nitro benzene ring substituents is 1. The Hall–Kier alpha value is -2.20. The maximum Gasteiger partial charge on any atom is 0.410 e. The van der Waals surface area contributed by atoms with Gasteiger partial charge in [0.05, 0.1) is 9.82 Å². The summed E-state index contributed by atoms with van der Waals surface area (Å²) in [6, 6.07) is 5.01. The molecule has 1 fully saturated rings. The predicted molar refractivity (Wildman–Crippen MR) is 113 cm³/mol. The third-order valence-corrected chi connectivity index (χ3v) is 6.39.